The highest BCUT2D eigenvalue weighted by atomic mass is 35.5. The van der Waals surface area contributed by atoms with E-state index in [0.717, 1.165) is 17.8 Å². The molecule has 0 saturated heterocycles. The summed E-state index contributed by atoms with van der Waals surface area (Å²) in [5.74, 6) is 0.0105. The van der Waals surface area contributed by atoms with Gasteiger partial charge in [0, 0.05) is 12.9 Å². The van der Waals surface area contributed by atoms with Crippen molar-refractivity contribution in [1.29, 1.82) is 0 Å². The van der Waals surface area contributed by atoms with Gasteiger partial charge in [0.1, 0.15) is 6.61 Å². The zero-order chi connectivity index (χ0) is 14.7. The number of nitrogens with zero attached hydrogens (tertiary/aromatic N) is 2. The number of alkyl halides is 1. The minimum atomic E-state index is -0.433. The molecule has 108 valence electrons. The molecule has 0 aliphatic carbocycles. The average molecular weight is 317 g/mol. The lowest BCUT2D eigenvalue weighted by Crippen LogP contribution is -2.04. The van der Waals surface area contributed by atoms with Gasteiger partial charge in [0.2, 0.25) is 0 Å². The molecule has 0 unspecified atom stereocenters. The summed E-state index contributed by atoms with van der Waals surface area (Å²) in [6.07, 6.45) is 0.742. The highest BCUT2D eigenvalue weighted by Crippen LogP contribution is 2.24. The van der Waals surface area contributed by atoms with Gasteiger partial charge in [-0.2, -0.15) is 5.10 Å². The largest absolute Gasteiger partial charge is 0.484 e. The van der Waals surface area contributed by atoms with E-state index in [4.69, 9.17) is 27.9 Å². The lowest BCUT2D eigenvalue weighted by atomic mass is 10.2. The fourth-order valence-electron chi connectivity index (χ4n) is 1.87. The highest BCUT2D eigenvalue weighted by molar-refractivity contribution is 6.31. The van der Waals surface area contributed by atoms with Crippen LogP contribution in [0.25, 0.3) is 0 Å². The van der Waals surface area contributed by atoms with E-state index in [2.05, 4.69) is 5.10 Å². The van der Waals surface area contributed by atoms with E-state index in [1.807, 2.05) is 6.92 Å². The van der Waals surface area contributed by atoms with Crippen LogP contribution < -0.4 is 4.74 Å². The van der Waals surface area contributed by atoms with Crippen molar-refractivity contribution in [3.8, 4) is 5.75 Å². The van der Waals surface area contributed by atoms with Crippen molar-refractivity contribution in [1.82, 2.24) is 9.78 Å². The van der Waals surface area contributed by atoms with Crippen LogP contribution in [0.15, 0.2) is 18.2 Å². The third-order valence-electron chi connectivity index (χ3n) is 3.02. The molecule has 1 aromatic carbocycles. The van der Waals surface area contributed by atoms with Gasteiger partial charge in [-0.25, -0.2) is 4.39 Å². The maximum atomic E-state index is 13.8. The van der Waals surface area contributed by atoms with Gasteiger partial charge in [-0.3, -0.25) is 4.68 Å². The Kier molecular flexibility index (Phi) is 4.89. The number of aryl methyl sites for hydroxylation is 2. The molecule has 2 aromatic rings. The van der Waals surface area contributed by atoms with Crippen LogP contribution in [0.4, 0.5) is 4.39 Å². The quantitative estimate of drug-likeness (QED) is 0.777. The third-order valence-corrected chi connectivity index (χ3v) is 3.76. The topological polar surface area (TPSA) is 27.1 Å². The van der Waals surface area contributed by atoms with Gasteiger partial charge in [-0.05, 0) is 24.1 Å². The zero-order valence-electron chi connectivity index (χ0n) is 11.3. The van der Waals surface area contributed by atoms with Crippen LogP contribution in [0.2, 0.25) is 5.02 Å². The van der Waals surface area contributed by atoms with Gasteiger partial charge in [0.25, 0.3) is 0 Å². The maximum Gasteiger partial charge on any atom is 0.165 e. The summed E-state index contributed by atoms with van der Waals surface area (Å²) in [6, 6.07) is 4.66. The Balaban J connectivity index is 2.15. The van der Waals surface area contributed by atoms with Crippen molar-refractivity contribution in [3.05, 3.63) is 46.0 Å². The van der Waals surface area contributed by atoms with Crippen molar-refractivity contribution in [2.45, 2.75) is 25.8 Å². The fraction of sp³-hybridized carbons (Fsp3) is 0.357. The molecular formula is C14H15Cl2FN2O. The molecule has 0 radical (unpaired) electrons. The van der Waals surface area contributed by atoms with Gasteiger partial charge >= 0.3 is 0 Å². The van der Waals surface area contributed by atoms with Crippen LogP contribution in [0.5, 0.6) is 5.75 Å². The molecule has 0 saturated carbocycles. The number of ether oxygens (including phenoxy) is 1. The molecule has 3 nitrogen and oxygen atoms in total. The Morgan fingerprint density at radius 3 is 2.70 bits per heavy atom. The number of aromatic nitrogens is 2. The molecule has 0 bridgehead atoms. The summed E-state index contributed by atoms with van der Waals surface area (Å²) in [4.78, 5) is 0. The summed E-state index contributed by atoms with van der Waals surface area (Å²) < 4.78 is 20.9. The molecule has 2 rings (SSSR count). The first-order valence-electron chi connectivity index (χ1n) is 6.24. The standard InChI is InChI=1S/C14H15Cl2FN2O/c1-3-11-14(16)12(19(2)18-11)8-20-13-5-4-9(7-15)6-10(13)17/h4-6H,3,7-8H2,1-2H3. The molecule has 6 heteroatoms. The van der Waals surface area contributed by atoms with E-state index in [0.29, 0.717) is 10.6 Å². The van der Waals surface area contributed by atoms with Crippen molar-refractivity contribution in [3.63, 3.8) is 0 Å². The Morgan fingerprint density at radius 1 is 1.40 bits per heavy atom. The van der Waals surface area contributed by atoms with Crippen LogP contribution in [-0.4, -0.2) is 9.78 Å². The second-order valence-electron chi connectivity index (χ2n) is 4.37. The predicted molar refractivity (Wildman–Crippen MR) is 77.9 cm³/mol. The van der Waals surface area contributed by atoms with E-state index in [1.54, 1.807) is 23.9 Å². The fourth-order valence-corrected chi connectivity index (χ4v) is 2.38. The molecule has 0 N–H and O–H groups in total. The summed E-state index contributed by atoms with van der Waals surface area (Å²) in [7, 11) is 1.79. The van der Waals surface area contributed by atoms with E-state index in [1.165, 1.54) is 6.07 Å². The molecule has 1 aromatic heterocycles. The van der Waals surface area contributed by atoms with Gasteiger partial charge in [0.05, 0.1) is 16.4 Å². The predicted octanol–water partition coefficient (Wildman–Crippen LogP) is 4.09. The first kappa shape index (κ1) is 15.1. The van der Waals surface area contributed by atoms with Gasteiger partial charge in [0.15, 0.2) is 11.6 Å². The first-order chi connectivity index (χ1) is 9.56. The third kappa shape index (κ3) is 3.07. The monoisotopic (exact) mass is 316 g/mol. The lowest BCUT2D eigenvalue weighted by Gasteiger charge is -2.08. The molecule has 0 aliphatic rings. The minimum Gasteiger partial charge on any atom is -0.484 e. The van der Waals surface area contributed by atoms with Crippen molar-refractivity contribution in [2.75, 3.05) is 0 Å². The first-order valence-corrected chi connectivity index (χ1v) is 7.15. The Morgan fingerprint density at radius 2 is 2.15 bits per heavy atom. The van der Waals surface area contributed by atoms with Crippen LogP contribution in [-0.2, 0) is 26.0 Å². The molecule has 0 aliphatic heterocycles. The molecule has 1 heterocycles. The van der Waals surface area contributed by atoms with Gasteiger partial charge in [-0.15, -0.1) is 11.6 Å². The highest BCUT2D eigenvalue weighted by Gasteiger charge is 2.14. The number of benzene rings is 1. The van der Waals surface area contributed by atoms with E-state index in [-0.39, 0.29) is 18.2 Å². The van der Waals surface area contributed by atoms with E-state index >= 15 is 0 Å². The molecule has 0 fully saturated rings. The molecule has 0 spiro atoms. The number of hydrogen-bond acceptors (Lipinski definition) is 2. The molecule has 20 heavy (non-hydrogen) atoms. The lowest BCUT2D eigenvalue weighted by molar-refractivity contribution is 0.280. The number of rotatable bonds is 5. The SMILES string of the molecule is CCc1nn(C)c(COc2ccc(CCl)cc2F)c1Cl. The van der Waals surface area contributed by atoms with Crippen LogP contribution >= 0.6 is 23.2 Å². The molecular weight excluding hydrogens is 302 g/mol. The second kappa shape index (κ2) is 6.46. The Bertz CT molecular complexity index is 613. The molecule has 0 atom stereocenters. The van der Waals surface area contributed by atoms with Crippen LogP contribution in [0.1, 0.15) is 23.9 Å². The zero-order valence-corrected chi connectivity index (χ0v) is 12.8. The van der Waals surface area contributed by atoms with Crippen molar-refractivity contribution in [2.24, 2.45) is 7.05 Å². The second-order valence-corrected chi connectivity index (χ2v) is 5.02. The number of halogens is 3. The maximum absolute atomic E-state index is 13.8. The Hall–Kier alpha value is -1.26. The van der Waals surface area contributed by atoms with Crippen LogP contribution in [0.3, 0.4) is 0 Å². The summed E-state index contributed by atoms with van der Waals surface area (Å²) >= 11 is 11.9. The van der Waals surface area contributed by atoms with Crippen molar-refractivity contribution >= 4 is 23.2 Å². The molecule has 0 amide bonds. The van der Waals surface area contributed by atoms with Gasteiger partial charge < -0.3 is 4.74 Å². The average Bonchev–Trinajstić information content (AvgIpc) is 2.72. The van der Waals surface area contributed by atoms with E-state index in [9.17, 15) is 4.39 Å². The van der Waals surface area contributed by atoms with E-state index < -0.39 is 5.82 Å². The van der Waals surface area contributed by atoms with Crippen LogP contribution in [0, 0.1) is 5.82 Å². The Labute approximate surface area is 127 Å². The normalized spacial score (nSPS) is 10.8. The summed E-state index contributed by atoms with van der Waals surface area (Å²) in [6.45, 7) is 2.14. The van der Waals surface area contributed by atoms with Crippen molar-refractivity contribution < 1.29 is 9.13 Å². The summed E-state index contributed by atoms with van der Waals surface area (Å²) in [5.41, 5.74) is 2.25. The summed E-state index contributed by atoms with van der Waals surface area (Å²) in [5, 5.41) is 4.86. The number of hydrogen-bond donors (Lipinski definition) is 0. The smallest absolute Gasteiger partial charge is 0.165 e. The van der Waals surface area contributed by atoms with Gasteiger partial charge in [-0.1, -0.05) is 24.6 Å². The minimum absolute atomic E-state index is 0.166.